The van der Waals surface area contributed by atoms with Crippen LogP contribution in [0.15, 0.2) is 48.5 Å². The molecule has 0 spiro atoms. The lowest BCUT2D eigenvalue weighted by Crippen LogP contribution is -2.34. The number of carbonyl (C=O) groups excluding carboxylic acids is 3. The number of rotatable bonds is 7. The highest BCUT2D eigenvalue weighted by Gasteiger charge is 2.17. The minimum Gasteiger partial charge on any atom is -0.497 e. The summed E-state index contributed by atoms with van der Waals surface area (Å²) < 4.78 is 34.8. The molecule has 0 fully saturated rings. The van der Waals surface area contributed by atoms with Crippen LogP contribution in [0, 0.1) is 0 Å². The number of ether oxygens (including phenoxy) is 2. The lowest BCUT2D eigenvalue weighted by Gasteiger charge is -2.10. The Labute approximate surface area is 161 Å². The van der Waals surface area contributed by atoms with Gasteiger partial charge in [-0.3, -0.25) is 19.6 Å². The summed E-state index contributed by atoms with van der Waals surface area (Å²) in [4.78, 5) is 36.0. The Morgan fingerprint density at radius 3 is 2.25 bits per heavy atom. The van der Waals surface area contributed by atoms with Crippen molar-refractivity contribution in [2.24, 2.45) is 0 Å². The first-order chi connectivity index (χ1) is 13.2. The van der Waals surface area contributed by atoms with Crippen LogP contribution >= 0.6 is 0 Å². The SMILES string of the molecule is COc1ccc(C(=O)NC(=O)COC(=O)c2ccccc2NS(C)(=O)=O)cc1. The minimum absolute atomic E-state index is 0.0183. The lowest BCUT2D eigenvalue weighted by atomic mass is 10.2. The van der Waals surface area contributed by atoms with Crippen molar-refractivity contribution in [3.05, 3.63) is 59.7 Å². The van der Waals surface area contributed by atoms with E-state index in [9.17, 15) is 22.8 Å². The monoisotopic (exact) mass is 406 g/mol. The summed E-state index contributed by atoms with van der Waals surface area (Å²) in [5.41, 5.74) is 0.176. The number of para-hydroxylation sites is 1. The fraction of sp³-hybridized carbons (Fsp3) is 0.167. The second-order valence-corrected chi connectivity index (χ2v) is 7.35. The van der Waals surface area contributed by atoms with Crippen molar-refractivity contribution < 1.29 is 32.3 Å². The molecule has 0 bridgehead atoms. The Morgan fingerprint density at radius 2 is 1.64 bits per heavy atom. The van der Waals surface area contributed by atoms with Crippen molar-refractivity contribution in [2.45, 2.75) is 0 Å². The molecule has 0 saturated carbocycles. The van der Waals surface area contributed by atoms with Crippen LogP contribution < -0.4 is 14.8 Å². The van der Waals surface area contributed by atoms with Gasteiger partial charge in [-0.2, -0.15) is 0 Å². The number of nitrogens with one attached hydrogen (secondary N) is 2. The third kappa shape index (κ3) is 6.09. The average Bonchev–Trinajstić information content (AvgIpc) is 2.65. The number of imide groups is 1. The normalized spacial score (nSPS) is 10.6. The summed E-state index contributed by atoms with van der Waals surface area (Å²) in [6.07, 6.45) is 0.938. The maximum absolute atomic E-state index is 12.1. The molecule has 0 aromatic heterocycles. The second kappa shape index (κ2) is 9.00. The lowest BCUT2D eigenvalue weighted by molar-refractivity contribution is -0.123. The molecule has 0 heterocycles. The van der Waals surface area contributed by atoms with Crippen LogP contribution in [-0.4, -0.2) is 46.2 Å². The molecular formula is C18H18N2O7S. The van der Waals surface area contributed by atoms with E-state index in [-0.39, 0.29) is 16.8 Å². The smallest absolute Gasteiger partial charge is 0.340 e. The Kier molecular flexibility index (Phi) is 6.72. The van der Waals surface area contributed by atoms with Crippen molar-refractivity contribution in [3.8, 4) is 5.75 Å². The Bertz CT molecular complexity index is 985. The van der Waals surface area contributed by atoms with E-state index < -0.39 is 34.4 Å². The van der Waals surface area contributed by atoms with Crippen LogP contribution in [0.1, 0.15) is 20.7 Å². The first kappa shape index (κ1) is 20.9. The van der Waals surface area contributed by atoms with E-state index in [0.717, 1.165) is 6.26 Å². The fourth-order valence-corrected chi connectivity index (χ4v) is 2.71. The molecule has 2 aromatic rings. The zero-order valence-corrected chi connectivity index (χ0v) is 15.9. The fourth-order valence-electron chi connectivity index (χ4n) is 2.14. The summed E-state index contributed by atoms with van der Waals surface area (Å²) in [5, 5.41) is 2.09. The number of hydrogen-bond donors (Lipinski definition) is 2. The predicted octanol–water partition coefficient (Wildman–Crippen LogP) is 1.18. The molecule has 2 rings (SSSR count). The zero-order valence-electron chi connectivity index (χ0n) is 15.1. The first-order valence-electron chi connectivity index (χ1n) is 7.92. The number of benzene rings is 2. The molecule has 2 aromatic carbocycles. The summed E-state index contributed by atoms with van der Waals surface area (Å²) in [6, 6.07) is 11.8. The van der Waals surface area contributed by atoms with Gasteiger partial charge in [0.15, 0.2) is 6.61 Å². The van der Waals surface area contributed by atoms with Gasteiger partial charge in [0, 0.05) is 5.56 Å². The van der Waals surface area contributed by atoms with E-state index in [2.05, 4.69) is 10.0 Å². The first-order valence-corrected chi connectivity index (χ1v) is 9.81. The summed E-state index contributed by atoms with van der Waals surface area (Å²) in [6.45, 7) is -0.714. The van der Waals surface area contributed by atoms with Crippen LogP contribution in [0.3, 0.4) is 0 Å². The third-order valence-electron chi connectivity index (χ3n) is 3.38. The molecule has 9 nitrogen and oxygen atoms in total. The van der Waals surface area contributed by atoms with Gasteiger partial charge in [-0.15, -0.1) is 0 Å². The van der Waals surface area contributed by atoms with E-state index in [1.54, 1.807) is 12.1 Å². The summed E-state index contributed by atoms with van der Waals surface area (Å²) in [5.74, 6) is -1.86. The Hall–Kier alpha value is -3.40. The molecule has 0 atom stereocenters. The van der Waals surface area contributed by atoms with Crippen LogP contribution in [0.25, 0.3) is 0 Å². The number of carbonyl (C=O) groups is 3. The highest BCUT2D eigenvalue weighted by molar-refractivity contribution is 7.92. The van der Waals surface area contributed by atoms with Crippen LogP contribution in [0.2, 0.25) is 0 Å². The van der Waals surface area contributed by atoms with E-state index in [0.29, 0.717) is 5.75 Å². The zero-order chi connectivity index (χ0) is 20.7. The van der Waals surface area contributed by atoms with Gasteiger partial charge < -0.3 is 9.47 Å². The van der Waals surface area contributed by atoms with Gasteiger partial charge in [-0.05, 0) is 36.4 Å². The maximum Gasteiger partial charge on any atom is 0.340 e. The number of esters is 1. The van der Waals surface area contributed by atoms with E-state index in [1.165, 1.54) is 43.5 Å². The van der Waals surface area contributed by atoms with E-state index in [4.69, 9.17) is 9.47 Å². The molecule has 148 valence electrons. The van der Waals surface area contributed by atoms with E-state index in [1.807, 2.05) is 0 Å². The molecule has 2 N–H and O–H groups in total. The van der Waals surface area contributed by atoms with Crippen LogP contribution in [-0.2, 0) is 19.6 Å². The molecule has 0 aliphatic rings. The number of methoxy groups -OCH3 is 1. The van der Waals surface area contributed by atoms with Crippen LogP contribution in [0.4, 0.5) is 5.69 Å². The molecule has 10 heteroatoms. The predicted molar refractivity (Wildman–Crippen MR) is 101 cm³/mol. The largest absolute Gasteiger partial charge is 0.497 e. The van der Waals surface area contributed by atoms with Crippen molar-refractivity contribution >= 4 is 33.5 Å². The van der Waals surface area contributed by atoms with Crippen molar-refractivity contribution in [1.82, 2.24) is 5.32 Å². The molecule has 0 aliphatic heterocycles. The highest BCUT2D eigenvalue weighted by atomic mass is 32.2. The molecule has 0 radical (unpaired) electrons. The molecule has 0 unspecified atom stereocenters. The van der Waals surface area contributed by atoms with Crippen molar-refractivity contribution in [3.63, 3.8) is 0 Å². The number of anilines is 1. The quantitative estimate of drug-likeness (QED) is 0.661. The van der Waals surface area contributed by atoms with Gasteiger partial charge in [0.05, 0.1) is 24.6 Å². The molecule has 0 aliphatic carbocycles. The standard InChI is InChI=1S/C18H18N2O7S/c1-26-13-9-7-12(8-10-13)17(22)19-16(21)11-27-18(23)14-5-3-4-6-15(14)20-28(2,24)25/h3-10,20H,11H2,1-2H3,(H,19,21,22). The van der Waals surface area contributed by atoms with E-state index >= 15 is 0 Å². The van der Waals surface area contributed by atoms with Crippen molar-refractivity contribution in [1.29, 1.82) is 0 Å². The topological polar surface area (TPSA) is 128 Å². The van der Waals surface area contributed by atoms with Gasteiger partial charge in [0.1, 0.15) is 5.75 Å². The summed E-state index contributed by atoms with van der Waals surface area (Å²) in [7, 11) is -2.12. The van der Waals surface area contributed by atoms with Gasteiger partial charge in [-0.1, -0.05) is 12.1 Å². The van der Waals surface area contributed by atoms with Gasteiger partial charge in [0.2, 0.25) is 10.0 Å². The molecule has 0 saturated heterocycles. The number of sulfonamides is 1. The molecule has 28 heavy (non-hydrogen) atoms. The van der Waals surface area contributed by atoms with Gasteiger partial charge in [-0.25, -0.2) is 13.2 Å². The maximum atomic E-state index is 12.1. The Morgan fingerprint density at radius 1 is 1.00 bits per heavy atom. The molecule has 2 amide bonds. The van der Waals surface area contributed by atoms with Gasteiger partial charge in [0.25, 0.3) is 11.8 Å². The number of amides is 2. The number of hydrogen-bond acceptors (Lipinski definition) is 7. The Balaban J connectivity index is 1.95. The minimum atomic E-state index is -3.61. The highest BCUT2D eigenvalue weighted by Crippen LogP contribution is 2.17. The van der Waals surface area contributed by atoms with Gasteiger partial charge >= 0.3 is 5.97 Å². The average molecular weight is 406 g/mol. The molecular weight excluding hydrogens is 388 g/mol. The van der Waals surface area contributed by atoms with Crippen LogP contribution in [0.5, 0.6) is 5.75 Å². The third-order valence-corrected chi connectivity index (χ3v) is 3.97. The second-order valence-electron chi connectivity index (χ2n) is 5.60. The van der Waals surface area contributed by atoms with Crippen molar-refractivity contribution in [2.75, 3.05) is 24.7 Å². The summed E-state index contributed by atoms with van der Waals surface area (Å²) >= 11 is 0.